The molecule has 1 heterocycles. The number of ether oxygens (including phenoxy) is 1. The SMILES string of the molecule is COc1ccccc1S(=O)(=O)N1CCN[C@@H](C(C)C)C1. The Morgan fingerprint density at radius 2 is 2.05 bits per heavy atom. The summed E-state index contributed by atoms with van der Waals surface area (Å²) >= 11 is 0. The van der Waals surface area contributed by atoms with E-state index in [0.717, 1.165) is 0 Å². The summed E-state index contributed by atoms with van der Waals surface area (Å²) in [6, 6.07) is 6.95. The molecular weight excluding hydrogens is 276 g/mol. The molecule has 0 saturated carbocycles. The number of benzene rings is 1. The van der Waals surface area contributed by atoms with Gasteiger partial charge in [-0.25, -0.2) is 8.42 Å². The number of nitrogens with one attached hydrogen (secondary N) is 1. The van der Waals surface area contributed by atoms with Gasteiger partial charge < -0.3 is 10.1 Å². The van der Waals surface area contributed by atoms with Crippen molar-refractivity contribution in [1.82, 2.24) is 9.62 Å². The molecule has 0 bridgehead atoms. The van der Waals surface area contributed by atoms with Crippen LogP contribution in [0, 0.1) is 5.92 Å². The molecule has 112 valence electrons. The van der Waals surface area contributed by atoms with Crippen LogP contribution in [-0.2, 0) is 10.0 Å². The molecule has 0 unspecified atom stereocenters. The molecular formula is C14H22N2O3S. The Balaban J connectivity index is 2.30. The van der Waals surface area contributed by atoms with E-state index in [-0.39, 0.29) is 10.9 Å². The molecule has 1 atom stereocenters. The molecule has 1 fully saturated rings. The highest BCUT2D eigenvalue weighted by molar-refractivity contribution is 7.89. The van der Waals surface area contributed by atoms with Crippen LogP contribution in [0.25, 0.3) is 0 Å². The Labute approximate surface area is 121 Å². The molecule has 1 aliphatic heterocycles. The third kappa shape index (κ3) is 2.97. The first-order chi connectivity index (χ1) is 9.46. The highest BCUT2D eigenvalue weighted by Gasteiger charge is 2.32. The molecule has 1 aromatic carbocycles. The van der Waals surface area contributed by atoms with E-state index in [4.69, 9.17) is 4.74 Å². The Bertz CT molecular complexity index is 557. The van der Waals surface area contributed by atoms with Gasteiger partial charge >= 0.3 is 0 Å². The Morgan fingerprint density at radius 3 is 2.70 bits per heavy atom. The van der Waals surface area contributed by atoms with Gasteiger partial charge in [-0.05, 0) is 18.1 Å². The zero-order valence-electron chi connectivity index (χ0n) is 12.2. The van der Waals surface area contributed by atoms with Crippen LogP contribution in [0.4, 0.5) is 0 Å². The van der Waals surface area contributed by atoms with Gasteiger partial charge in [-0.1, -0.05) is 26.0 Å². The van der Waals surface area contributed by atoms with Gasteiger partial charge in [0.15, 0.2) is 0 Å². The Kier molecular flexibility index (Phi) is 4.67. The molecule has 5 nitrogen and oxygen atoms in total. The van der Waals surface area contributed by atoms with E-state index in [1.54, 1.807) is 28.6 Å². The largest absolute Gasteiger partial charge is 0.495 e. The molecule has 1 aromatic rings. The van der Waals surface area contributed by atoms with E-state index in [1.807, 2.05) is 0 Å². The monoisotopic (exact) mass is 298 g/mol. The maximum Gasteiger partial charge on any atom is 0.246 e. The summed E-state index contributed by atoms with van der Waals surface area (Å²) in [6.45, 7) is 5.85. The average Bonchev–Trinajstić information content (AvgIpc) is 2.47. The minimum Gasteiger partial charge on any atom is -0.495 e. The normalized spacial score (nSPS) is 21.1. The Morgan fingerprint density at radius 1 is 1.35 bits per heavy atom. The lowest BCUT2D eigenvalue weighted by Gasteiger charge is -2.35. The Hall–Kier alpha value is -1.11. The van der Waals surface area contributed by atoms with Crippen LogP contribution in [0.1, 0.15) is 13.8 Å². The van der Waals surface area contributed by atoms with E-state index < -0.39 is 10.0 Å². The van der Waals surface area contributed by atoms with Gasteiger partial charge in [0.1, 0.15) is 10.6 Å². The fraction of sp³-hybridized carbons (Fsp3) is 0.571. The molecule has 6 heteroatoms. The molecule has 1 N–H and O–H groups in total. The van der Waals surface area contributed by atoms with E-state index in [1.165, 1.54) is 7.11 Å². The summed E-state index contributed by atoms with van der Waals surface area (Å²) in [6.07, 6.45) is 0. The van der Waals surface area contributed by atoms with Crippen LogP contribution in [-0.4, -0.2) is 45.5 Å². The van der Waals surface area contributed by atoms with Crippen molar-refractivity contribution in [3.05, 3.63) is 24.3 Å². The van der Waals surface area contributed by atoms with E-state index in [9.17, 15) is 8.42 Å². The highest BCUT2D eigenvalue weighted by Crippen LogP contribution is 2.27. The molecule has 0 aliphatic carbocycles. The summed E-state index contributed by atoms with van der Waals surface area (Å²) in [7, 11) is -2.01. The minimum absolute atomic E-state index is 0.188. The first kappa shape index (κ1) is 15.3. The van der Waals surface area contributed by atoms with Crippen molar-refractivity contribution in [1.29, 1.82) is 0 Å². The van der Waals surface area contributed by atoms with Gasteiger partial charge in [0.05, 0.1) is 7.11 Å². The van der Waals surface area contributed by atoms with Crippen molar-refractivity contribution in [3.8, 4) is 5.75 Å². The topological polar surface area (TPSA) is 58.6 Å². The van der Waals surface area contributed by atoms with Crippen LogP contribution < -0.4 is 10.1 Å². The average molecular weight is 298 g/mol. The standard InChI is InChI=1S/C14H22N2O3S/c1-11(2)12-10-16(9-8-15-12)20(17,18)14-7-5-4-6-13(14)19-3/h4-7,11-12,15H,8-10H2,1-3H3/t12-/m1/s1. The van der Waals surface area contributed by atoms with E-state index >= 15 is 0 Å². The number of hydrogen-bond donors (Lipinski definition) is 1. The molecule has 0 spiro atoms. The molecule has 1 aliphatic rings. The molecule has 0 aromatic heterocycles. The van der Waals surface area contributed by atoms with Gasteiger partial charge in [0, 0.05) is 25.7 Å². The van der Waals surface area contributed by atoms with Crippen LogP contribution in [0.5, 0.6) is 5.75 Å². The van der Waals surface area contributed by atoms with Gasteiger partial charge in [-0.2, -0.15) is 4.31 Å². The van der Waals surface area contributed by atoms with Crippen LogP contribution in [0.3, 0.4) is 0 Å². The maximum atomic E-state index is 12.8. The van der Waals surface area contributed by atoms with Gasteiger partial charge in [0.25, 0.3) is 0 Å². The second kappa shape index (κ2) is 6.11. The lowest BCUT2D eigenvalue weighted by atomic mass is 10.0. The van der Waals surface area contributed by atoms with Gasteiger partial charge in [-0.15, -0.1) is 0 Å². The summed E-state index contributed by atoms with van der Waals surface area (Å²) in [5.74, 6) is 0.790. The predicted octanol–water partition coefficient (Wildman–Crippen LogP) is 1.31. The number of nitrogens with zero attached hydrogens (tertiary/aromatic N) is 1. The van der Waals surface area contributed by atoms with Crippen molar-refractivity contribution in [2.24, 2.45) is 5.92 Å². The number of piperazine rings is 1. The number of hydrogen-bond acceptors (Lipinski definition) is 4. The zero-order chi connectivity index (χ0) is 14.8. The molecule has 0 amide bonds. The second-order valence-corrected chi connectivity index (χ2v) is 7.22. The first-order valence-electron chi connectivity index (χ1n) is 6.83. The summed E-state index contributed by atoms with van der Waals surface area (Å²) in [4.78, 5) is 0.243. The van der Waals surface area contributed by atoms with Crippen molar-refractivity contribution in [2.75, 3.05) is 26.7 Å². The smallest absolute Gasteiger partial charge is 0.246 e. The van der Waals surface area contributed by atoms with Crippen molar-refractivity contribution in [3.63, 3.8) is 0 Å². The van der Waals surface area contributed by atoms with E-state index in [2.05, 4.69) is 19.2 Å². The first-order valence-corrected chi connectivity index (χ1v) is 8.27. The van der Waals surface area contributed by atoms with Crippen molar-refractivity contribution < 1.29 is 13.2 Å². The van der Waals surface area contributed by atoms with Crippen LogP contribution >= 0.6 is 0 Å². The third-order valence-electron chi connectivity index (χ3n) is 3.66. The molecule has 0 radical (unpaired) electrons. The number of methoxy groups -OCH3 is 1. The van der Waals surface area contributed by atoms with Crippen molar-refractivity contribution >= 4 is 10.0 Å². The molecule has 2 rings (SSSR count). The summed E-state index contributed by atoms with van der Waals surface area (Å²) in [5, 5.41) is 3.36. The number of rotatable bonds is 4. The predicted molar refractivity (Wildman–Crippen MR) is 78.4 cm³/mol. The van der Waals surface area contributed by atoms with Crippen molar-refractivity contribution in [2.45, 2.75) is 24.8 Å². The highest BCUT2D eigenvalue weighted by atomic mass is 32.2. The van der Waals surface area contributed by atoms with E-state index in [0.29, 0.717) is 31.3 Å². The van der Waals surface area contributed by atoms with Crippen LogP contribution in [0.2, 0.25) is 0 Å². The molecule has 1 saturated heterocycles. The third-order valence-corrected chi connectivity index (χ3v) is 5.56. The maximum absolute atomic E-state index is 12.8. The number of para-hydroxylation sites is 1. The molecule has 20 heavy (non-hydrogen) atoms. The van der Waals surface area contributed by atoms with Crippen LogP contribution in [0.15, 0.2) is 29.2 Å². The second-order valence-electron chi connectivity index (χ2n) is 5.32. The fourth-order valence-corrected chi connectivity index (χ4v) is 4.01. The lowest BCUT2D eigenvalue weighted by Crippen LogP contribution is -2.54. The lowest BCUT2D eigenvalue weighted by molar-refractivity contribution is 0.255. The summed E-state index contributed by atoms with van der Waals surface area (Å²) < 4.78 is 32.2. The fourth-order valence-electron chi connectivity index (χ4n) is 2.39. The van der Waals surface area contributed by atoms with Gasteiger partial charge in [0.2, 0.25) is 10.0 Å². The quantitative estimate of drug-likeness (QED) is 0.910. The zero-order valence-corrected chi connectivity index (χ0v) is 13.0. The van der Waals surface area contributed by atoms with Gasteiger partial charge in [-0.3, -0.25) is 0 Å². The summed E-state index contributed by atoms with van der Waals surface area (Å²) in [5.41, 5.74) is 0. The minimum atomic E-state index is -3.50. The number of sulfonamides is 1.